The van der Waals surface area contributed by atoms with Gasteiger partial charge in [-0.25, -0.2) is 0 Å². The summed E-state index contributed by atoms with van der Waals surface area (Å²) in [6.07, 6.45) is 5.25. The molecule has 0 fully saturated rings. The molecule has 0 aliphatic heterocycles. The van der Waals surface area contributed by atoms with Gasteiger partial charge < -0.3 is 9.05 Å². The number of hydrogen-bond acceptors (Lipinski definition) is 4. The first-order chi connectivity index (χ1) is 6.70. The van der Waals surface area contributed by atoms with Crippen LogP contribution in [0.3, 0.4) is 0 Å². The van der Waals surface area contributed by atoms with Crippen LogP contribution in [0.15, 0.2) is 0 Å². The molecule has 0 aromatic carbocycles. The third-order valence-electron chi connectivity index (χ3n) is 1.97. The summed E-state index contributed by atoms with van der Waals surface area (Å²) < 4.78 is 31.2. The van der Waals surface area contributed by atoms with Crippen molar-refractivity contribution >= 4 is 16.1 Å². The van der Waals surface area contributed by atoms with E-state index in [0.717, 1.165) is 25.7 Å². The van der Waals surface area contributed by atoms with Gasteiger partial charge in [0.2, 0.25) is 0 Å². The zero-order chi connectivity index (χ0) is 10.8. The minimum Gasteiger partial charge on any atom is -0.334 e. The maximum absolute atomic E-state index is 10.9. The Morgan fingerprint density at radius 3 is 1.43 bits per heavy atom. The standard InChI is InChI=1S/C8H20O4P2/c1-11-13(9)7-5-3-4-6-8-14(10)12-2/h13-14H,3-8H2,1-2H3. The molecule has 2 unspecified atom stereocenters. The summed E-state index contributed by atoms with van der Waals surface area (Å²) in [5, 5.41) is 0. The predicted octanol–water partition coefficient (Wildman–Crippen LogP) is 2.79. The Balaban J connectivity index is 3.14. The monoisotopic (exact) mass is 242 g/mol. The Hall–Kier alpha value is 0.380. The van der Waals surface area contributed by atoms with E-state index in [1.165, 1.54) is 14.2 Å². The SMILES string of the molecule is CO[PH](=O)CCCCCC[PH](=O)OC. The first-order valence-electron chi connectivity index (χ1n) is 4.84. The van der Waals surface area contributed by atoms with Crippen molar-refractivity contribution in [1.82, 2.24) is 0 Å². The molecule has 4 nitrogen and oxygen atoms in total. The molecule has 0 bridgehead atoms. The minimum atomic E-state index is -1.77. The van der Waals surface area contributed by atoms with E-state index in [1.807, 2.05) is 0 Å². The maximum atomic E-state index is 10.9. The van der Waals surface area contributed by atoms with Crippen molar-refractivity contribution in [2.75, 3.05) is 26.5 Å². The highest BCUT2D eigenvalue weighted by molar-refractivity contribution is 7.39. The van der Waals surface area contributed by atoms with Crippen molar-refractivity contribution in [3.05, 3.63) is 0 Å². The smallest absolute Gasteiger partial charge is 0.191 e. The van der Waals surface area contributed by atoms with Crippen LogP contribution in [0.2, 0.25) is 0 Å². The summed E-state index contributed by atoms with van der Waals surface area (Å²) in [6, 6.07) is 0. The van der Waals surface area contributed by atoms with Gasteiger partial charge in [-0.05, 0) is 12.8 Å². The summed E-state index contributed by atoms with van der Waals surface area (Å²) in [5.41, 5.74) is 0. The lowest BCUT2D eigenvalue weighted by Crippen LogP contribution is -1.85. The average molecular weight is 242 g/mol. The van der Waals surface area contributed by atoms with E-state index in [9.17, 15) is 9.13 Å². The van der Waals surface area contributed by atoms with E-state index < -0.39 is 16.1 Å². The highest BCUT2D eigenvalue weighted by atomic mass is 31.1. The third kappa shape index (κ3) is 8.96. The Morgan fingerprint density at radius 1 is 0.786 bits per heavy atom. The number of unbranched alkanes of at least 4 members (excludes halogenated alkanes) is 3. The van der Waals surface area contributed by atoms with Crippen LogP contribution in [0.1, 0.15) is 25.7 Å². The number of rotatable bonds is 9. The van der Waals surface area contributed by atoms with Crippen molar-refractivity contribution in [2.45, 2.75) is 25.7 Å². The molecule has 0 amide bonds. The van der Waals surface area contributed by atoms with Crippen molar-refractivity contribution in [1.29, 1.82) is 0 Å². The molecule has 14 heavy (non-hydrogen) atoms. The van der Waals surface area contributed by atoms with E-state index in [1.54, 1.807) is 0 Å². The van der Waals surface area contributed by atoms with Gasteiger partial charge in [-0.15, -0.1) is 0 Å². The second kappa shape index (κ2) is 9.92. The van der Waals surface area contributed by atoms with Crippen LogP contribution in [0, 0.1) is 0 Å². The van der Waals surface area contributed by atoms with E-state index in [-0.39, 0.29) is 0 Å². The van der Waals surface area contributed by atoms with Gasteiger partial charge in [0, 0.05) is 26.5 Å². The van der Waals surface area contributed by atoms with E-state index in [2.05, 4.69) is 0 Å². The zero-order valence-corrected chi connectivity index (χ0v) is 10.9. The highest BCUT2D eigenvalue weighted by Gasteiger charge is 1.98. The van der Waals surface area contributed by atoms with Gasteiger partial charge in [-0.3, -0.25) is 9.13 Å². The van der Waals surface area contributed by atoms with Crippen LogP contribution < -0.4 is 0 Å². The van der Waals surface area contributed by atoms with E-state index in [0.29, 0.717) is 12.3 Å². The molecule has 0 heterocycles. The highest BCUT2D eigenvalue weighted by Crippen LogP contribution is 2.24. The van der Waals surface area contributed by atoms with E-state index >= 15 is 0 Å². The first kappa shape index (κ1) is 14.4. The van der Waals surface area contributed by atoms with Crippen molar-refractivity contribution in [2.24, 2.45) is 0 Å². The largest absolute Gasteiger partial charge is 0.334 e. The minimum absolute atomic E-state index is 0.667. The zero-order valence-electron chi connectivity index (χ0n) is 8.88. The summed E-state index contributed by atoms with van der Waals surface area (Å²) >= 11 is 0. The molecule has 86 valence electrons. The molecule has 2 atom stereocenters. The van der Waals surface area contributed by atoms with Crippen molar-refractivity contribution in [3.8, 4) is 0 Å². The van der Waals surface area contributed by atoms with Crippen LogP contribution in [-0.4, -0.2) is 26.5 Å². The maximum Gasteiger partial charge on any atom is 0.191 e. The van der Waals surface area contributed by atoms with Gasteiger partial charge in [-0.2, -0.15) is 0 Å². The summed E-state index contributed by atoms with van der Waals surface area (Å²) in [6.45, 7) is 0. The lowest BCUT2D eigenvalue weighted by atomic mass is 10.2. The lowest BCUT2D eigenvalue weighted by molar-refractivity contribution is 0.410. The molecule has 0 aliphatic rings. The predicted molar refractivity (Wildman–Crippen MR) is 60.2 cm³/mol. The molecule has 0 aromatic heterocycles. The summed E-state index contributed by atoms with van der Waals surface area (Å²) in [5.74, 6) is 0. The molecule has 0 radical (unpaired) electrons. The van der Waals surface area contributed by atoms with Crippen LogP contribution in [0.5, 0.6) is 0 Å². The molecule has 0 saturated carbocycles. The van der Waals surface area contributed by atoms with Gasteiger partial charge in [0.05, 0.1) is 0 Å². The van der Waals surface area contributed by atoms with Crippen LogP contribution in [0.4, 0.5) is 0 Å². The second-order valence-corrected chi connectivity index (χ2v) is 6.37. The molecule has 0 saturated heterocycles. The molecular weight excluding hydrogens is 222 g/mol. The van der Waals surface area contributed by atoms with Crippen LogP contribution >= 0.6 is 16.1 Å². The molecule has 0 N–H and O–H groups in total. The molecule has 0 spiro atoms. The van der Waals surface area contributed by atoms with Gasteiger partial charge in [0.25, 0.3) is 0 Å². The Morgan fingerprint density at radius 2 is 1.14 bits per heavy atom. The van der Waals surface area contributed by atoms with Crippen molar-refractivity contribution < 1.29 is 18.2 Å². The molecule has 0 aromatic rings. The second-order valence-electron chi connectivity index (χ2n) is 3.07. The summed E-state index contributed by atoms with van der Waals surface area (Å²) in [4.78, 5) is 0. The quantitative estimate of drug-likeness (QED) is 0.461. The van der Waals surface area contributed by atoms with Gasteiger partial charge >= 0.3 is 0 Å². The molecular formula is C8H20O4P2. The van der Waals surface area contributed by atoms with Crippen LogP contribution in [-0.2, 0) is 18.2 Å². The van der Waals surface area contributed by atoms with Crippen LogP contribution in [0.25, 0.3) is 0 Å². The van der Waals surface area contributed by atoms with E-state index in [4.69, 9.17) is 9.05 Å². The fourth-order valence-corrected chi connectivity index (χ4v) is 2.58. The lowest BCUT2D eigenvalue weighted by Gasteiger charge is -2.01. The topological polar surface area (TPSA) is 52.6 Å². The Labute approximate surface area is 87.1 Å². The van der Waals surface area contributed by atoms with Crippen molar-refractivity contribution in [3.63, 3.8) is 0 Å². The first-order valence-corrected chi connectivity index (χ1v) is 7.89. The fourth-order valence-electron chi connectivity index (χ4n) is 1.10. The molecule has 0 aliphatic carbocycles. The number of hydrogen-bond donors (Lipinski definition) is 0. The molecule has 0 rings (SSSR count). The Bertz CT molecular complexity index is 164. The fraction of sp³-hybridized carbons (Fsp3) is 1.00. The van der Waals surface area contributed by atoms with Gasteiger partial charge in [-0.1, -0.05) is 12.8 Å². The summed E-state index contributed by atoms with van der Waals surface area (Å²) in [7, 11) is -0.577. The molecule has 6 heteroatoms. The van der Waals surface area contributed by atoms with Gasteiger partial charge in [0.1, 0.15) is 0 Å². The Kier molecular flexibility index (Phi) is 10.2. The normalized spacial score (nSPS) is 15.3. The van der Waals surface area contributed by atoms with Gasteiger partial charge in [0.15, 0.2) is 16.1 Å². The average Bonchev–Trinajstić information content (AvgIpc) is 2.22. The third-order valence-corrected chi connectivity index (χ3v) is 4.40.